The zero-order valence-corrected chi connectivity index (χ0v) is 17.1. The van der Waals surface area contributed by atoms with Crippen molar-refractivity contribution in [2.75, 3.05) is 0 Å². The van der Waals surface area contributed by atoms with E-state index in [0.29, 0.717) is 16.7 Å². The molecule has 1 nitrogen and oxygen atoms in total. The zero-order chi connectivity index (χ0) is 17.8. The molecule has 4 fully saturated rings. The molecule has 0 bridgehead atoms. The lowest BCUT2D eigenvalue weighted by Crippen LogP contribution is -2.57. The highest BCUT2D eigenvalue weighted by molar-refractivity contribution is 5.12. The molecule has 1 radical (unpaired) electrons. The Balaban J connectivity index is 1.61. The lowest BCUT2D eigenvalue weighted by atomic mass is 9.44. The highest BCUT2D eigenvalue weighted by Gasteiger charge is 2.62. The van der Waals surface area contributed by atoms with Crippen LogP contribution < -0.4 is 0 Å². The fraction of sp³-hybridized carbons (Fsp3) is 0.958. The van der Waals surface area contributed by atoms with Crippen molar-refractivity contribution in [3.05, 3.63) is 6.42 Å². The molecule has 0 aromatic rings. The average molecular weight is 346 g/mol. The maximum Gasteiger partial charge on any atom is 0.0577 e. The fourth-order valence-corrected chi connectivity index (χ4v) is 8.64. The Bertz CT molecular complexity index is 486. The van der Waals surface area contributed by atoms with Crippen LogP contribution in [0.3, 0.4) is 0 Å². The number of hydrogen-bond donors (Lipinski definition) is 1. The van der Waals surface area contributed by atoms with Crippen LogP contribution >= 0.6 is 0 Å². The Morgan fingerprint density at radius 3 is 2.60 bits per heavy atom. The minimum absolute atomic E-state index is 0.0283. The van der Waals surface area contributed by atoms with Gasteiger partial charge >= 0.3 is 0 Å². The molecule has 0 aromatic carbocycles. The van der Waals surface area contributed by atoms with Crippen LogP contribution in [0.4, 0.5) is 0 Å². The van der Waals surface area contributed by atoms with Crippen molar-refractivity contribution >= 4 is 0 Å². The Labute approximate surface area is 156 Å². The van der Waals surface area contributed by atoms with E-state index in [2.05, 4.69) is 34.1 Å². The second-order valence-electron chi connectivity index (χ2n) is 10.9. The second kappa shape index (κ2) is 6.54. The summed E-state index contributed by atoms with van der Waals surface area (Å²) in [4.78, 5) is 0. The Hall–Kier alpha value is -0.0400. The molecule has 4 aliphatic rings. The first-order valence-electron chi connectivity index (χ1n) is 11.4. The standard InChI is InChI=1S/C24H41O/c1-5-8-16(2)18-10-11-19-22-20(12-14-24(18,19)4)23(3)13-7-6-9-17(23)15-21(22)25/h6,16-22,25H,5,7-15H2,1-4H3/t16-,17?,18-,19+,20+,21?,22+,23+,24-/m1/s1. The molecule has 0 heterocycles. The van der Waals surface area contributed by atoms with Gasteiger partial charge < -0.3 is 5.11 Å². The Morgan fingerprint density at radius 1 is 1.08 bits per heavy atom. The Morgan fingerprint density at radius 2 is 1.84 bits per heavy atom. The van der Waals surface area contributed by atoms with Crippen molar-refractivity contribution in [2.24, 2.45) is 46.3 Å². The number of rotatable bonds is 3. The molecule has 0 aliphatic heterocycles. The third kappa shape index (κ3) is 2.66. The molecule has 0 amide bonds. The minimum Gasteiger partial charge on any atom is -0.393 e. The van der Waals surface area contributed by atoms with Gasteiger partial charge in [0.1, 0.15) is 0 Å². The molecule has 0 saturated heterocycles. The van der Waals surface area contributed by atoms with Crippen LogP contribution in [0, 0.1) is 52.8 Å². The van der Waals surface area contributed by atoms with E-state index in [1.807, 2.05) is 0 Å². The monoisotopic (exact) mass is 345 g/mol. The first kappa shape index (κ1) is 18.3. The van der Waals surface area contributed by atoms with Gasteiger partial charge in [0.2, 0.25) is 0 Å². The van der Waals surface area contributed by atoms with Crippen molar-refractivity contribution < 1.29 is 5.11 Å². The van der Waals surface area contributed by atoms with Gasteiger partial charge in [-0.25, -0.2) is 0 Å². The molecule has 1 N–H and O–H groups in total. The lowest BCUT2D eigenvalue weighted by molar-refractivity contribution is -0.160. The number of fused-ring (bicyclic) bond motifs is 5. The summed E-state index contributed by atoms with van der Waals surface area (Å²) in [5.41, 5.74) is 1.01. The molecular weight excluding hydrogens is 304 g/mol. The quantitative estimate of drug-likeness (QED) is 0.640. The van der Waals surface area contributed by atoms with Gasteiger partial charge in [-0.2, -0.15) is 0 Å². The van der Waals surface area contributed by atoms with Gasteiger partial charge in [0.25, 0.3) is 0 Å². The summed E-state index contributed by atoms with van der Waals surface area (Å²) in [6.45, 7) is 10.1. The summed E-state index contributed by atoms with van der Waals surface area (Å²) in [5.74, 6) is 4.68. The van der Waals surface area contributed by atoms with Crippen LogP contribution in [-0.2, 0) is 0 Å². The van der Waals surface area contributed by atoms with E-state index in [9.17, 15) is 5.11 Å². The molecule has 25 heavy (non-hydrogen) atoms. The Kier molecular flexibility index (Phi) is 4.79. The highest BCUT2D eigenvalue weighted by atomic mass is 16.3. The van der Waals surface area contributed by atoms with E-state index in [0.717, 1.165) is 36.0 Å². The largest absolute Gasteiger partial charge is 0.393 e. The SMILES string of the molecule is CCC[C@@H](C)[C@H]1CC[C@H]2[C@@H]3C(O)CC4C[CH]CC[C@]4(C)[C@H]3CC[C@]12C. The van der Waals surface area contributed by atoms with Crippen LogP contribution in [0.2, 0.25) is 0 Å². The summed E-state index contributed by atoms with van der Waals surface area (Å²) in [5, 5.41) is 11.2. The summed E-state index contributed by atoms with van der Waals surface area (Å²) >= 11 is 0. The smallest absolute Gasteiger partial charge is 0.0577 e. The molecule has 4 saturated carbocycles. The first-order valence-corrected chi connectivity index (χ1v) is 11.4. The fourth-order valence-electron chi connectivity index (χ4n) is 8.64. The first-order chi connectivity index (χ1) is 11.9. The van der Waals surface area contributed by atoms with Gasteiger partial charge in [0.15, 0.2) is 0 Å². The molecule has 9 atom stereocenters. The van der Waals surface area contributed by atoms with E-state index in [4.69, 9.17) is 0 Å². The normalized spacial score (nSPS) is 53.6. The number of aliphatic hydroxyl groups excluding tert-OH is 1. The van der Waals surface area contributed by atoms with Crippen LogP contribution in [0.5, 0.6) is 0 Å². The predicted molar refractivity (Wildman–Crippen MR) is 105 cm³/mol. The van der Waals surface area contributed by atoms with Crippen LogP contribution in [0.25, 0.3) is 0 Å². The molecule has 2 unspecified atom stereocenters. The van der Waals surface area contributed by atoms with Gasteiger partial charge in [-0.15, -0.1) is 0 Å². The van der Waals surface area contributed by atoms with Gasteiger partial charge in [-0.05, 0) is 104 Å². The lowest BCUT2D eigenvalue weighted by Gasteiger charge is -2.62. The second-order valence-corrected chi connectivity index (χ2v) is 10.9. The van der Waals surface area contributed by atoms with Crippen LogP contribution in [0.15, 0.2) is 0 Å². The molecule has 4 aliphatic carbocycles. The molecular formula is C24H41O. The van der Waals surface area contributed by atoms with E-state index >= 15 is 0 Å². The molecule has 1 heteroatoms. The van der Waals surface area contributed by atoms with Crippen LogP contribution in [-0.4, -0.2) is 11.2 Å². The van der Waals surface area contributed by atoms with Gasteiger partial charge in [-0.3, -0.25) is 0 Å². The van der Waals surface area contributed by atoms with Crippen molar-refractivity contribution in [1.82, 2.24) is 0 Å². The van der Waals surface area contributed by atoms with E-state index < -0.39 is 0 Å². The topological polar surface area (TPSA) is 20.2 Å². The van der Waals surface area contributed by atoms with E-state index in [1.54, 1.807) is 0 Å². The third-order valence-electron chi connectivity index (χ3n) is 9.93. The molecule has 4 rings (SSSR count). The van der Waals surface area contributed by atoms with Gasteiger partial charge in [0, 0.05) is 0 Å². The van der Waals surface area contributed by atoms with Crippen molar-refractivity contribution in [3.63, 3.8) is 0 Å². The maximum atomic E-state index is 11.2. The minimum atomic E-state index is -0.0283. The summed E-state index contributed by atoms with van der Waals surface area (Å²) in [7, 11) is 0. The van der Waals surface area contributed by atoms with Crippen molar-refractivity contribution in [1.29, 1.82) is 0 Å². The summed E-state index contributed by atoms with van der Waals surface area (Å²) in [6, 6.07) is 0. The molecule has 0 aromatic heterocycles. The zero-order valence-electron chi connectivity index (χ0n) is 17.1. The highest BCUT2D eigenvalue weighted by Crippen LogP contribution is 2.68. The number of hydrogen-bond acceptors (Lipinski definition) is 1. The predicted octanol–water partition coefficient (Wildman–Crippen LogP) is 6.26. The van der Waals surface area contributed by atoms with Crippen molar-refractivity contribution in [2.45, 2.75) is 98.0 Å². The summed E-state index contributed by atoms with van der Waals surface area (Å²) < 4.78 is 0. The molecule has 0 spiro atoms. The maximum absolute atomic E-state index is 11.2. The third-order valence-corrected chi connectivity index (χ3v) is 9.93. The average Bonchev–Trinajstić information content (AvgIpc) is 2.93. The van der Waals surface area contributed by atoms with E-state index in [-0.39, 0.29) is 6.10 Å². The van der Waals surface area contributed by atoms with Crippen molar-refractivity contribution in [3.8, 4) is 0 Å². The number of aliphatic hydroxyl groups is 1. The molecule has 143 valence electrons. The summed E-state index contributed by atoms with van der Waals surface area (Å²) in [6.07, 6.45) is 15.8. The van der Waals surface area contributed by atoms with Gasteiger partial charge in [0.05, 0.1) is 6.10 Å². The van der Waals surface area contributed by atoms with E-state index in [1.165, 1.54) is 57.8 Å². The van der Waals surface area contributed by atoms with Crippen LogP contribution in [0.1, 0.15) is 91.9 Å². The van der Waals surface area contributed by atoms with Gasteiger partial charge in [-0.1, -0.05) is 40.5 Å².